The summed E-state index contributed by atoms with van der Waals surface area (Å²) in [5, 5.41) is 9.83. The van der Waals surface area contributed by atoms with Crippen molar-refractivity contribution in [3.63, 3.8) is 0 Å². The van der Waals surface area contributed by atoms with Gasteiger partial charge in [0.2, 0.25) is 0 Å². The van der Waals surface area contributed by atoms with Gasteiger partial charge in [0.1, 0.15) is 5.75 Å². The lowest BCUT2D eigenvalue weighted by Crippen LogP contribution is -2.38. The first-order valence-corrected chi connectivity index (χ1v) is 7.85. The maximum Gasteiger partial charge on any atom is 0.260 e. The maximum absolute atomic E-state index is 12.2. The number of benzene rings is 1. The Morgan fingerprint density at radius 1 is 1.43 bits per heavy atom. The molecule has 1 aromatic rings. The first-order chi connectivity index (χ1) is 10.1. The molecule has 0 bridgehead atoms. The Hall–Kier alpha value is -0.970. The van der Waals surface area contributed by atoms with Gasteiger partial charge in [0.05, 0.1) is 5.02 Å². The summed E-state index contributed by atoms with van der Waals surface area (Å²) in [5.74, 6) is 0.418. The number of halogens is 2. The zero-order valence-corrected chi connectivity index (χ0v) is 13.2. The minimum Gasteiger partial charge on any atom is -0.482 e. The predicted octanol–water partition coefficient (Wildman–Crippen LogP) is 3.14. The molecule has 1 aromatic carbocycles. The molecule has 1 saturated heterocycles. The van der Waals surface area contributed by atoms with E-state index >= 15 is 0 Å². The number of hydrogen-bond acceptors (Lipinski definition) is 3. The van der Waals surface area contributed by atoms with Gasteiger partial charge in [0, 0.05) is 24.2 Å². The maximum atomic E-state index is 12.2. The molecule has 4 nitrogen and oxygen atoms in total. The van der Waals surface area contributed by atoms with Crippen LogP contribution >= 0.6 is 23.2 Å². The third kappa shape index (κ3) is 4.50. The number of ether oxygens (including phenoxy) is 1. The minimum absolute atomic E-state index is 0.0308. The summed E-state index contributed by atoms with van der Waals surface area (Å²) in [6, 6.07) is 5.13. The van der Waals surface area contributed by atoms with Gasteiger partial charge in [-0.05, 0) is 43.9 Å². The van der Waals surface area contributed by atoms with Crippen LogP contribution in [0.1, 0.15) is 25.7 Å². The fourth-order valence-electron chi connectivity index (χ4n) is 2.61. The first kappa shape index (κ1) is 16.4. The highest BCUT2D eigenvalue weighted by atomic mass is 35.5. The van der Waals surface area contributed by atoms with Gasteiger partial charge >= 0.3 is 0 Å². The van der Waals surface area contributed by atoms with Crippen molar-refractivity contribution in [2.45, 2.75) is 31.7 Å². The molecule has 1 heterocycles. The quantitative estimate of drug-likeness (QED) is 0.871. The largest absolute Gasteiger partial charge is 0.482 e. The normalized spacial score (nSPS) is 18.0. The zero-order valence-electron chi connectivity index (χ0n) is 11.7. The molecule has 1 fully saturated rings. The molecule has 21 heavy (non-hydrogen) atoms. The molecule has 1 amide bonds. The Kier molecular flexibility index (Phi) is 6.15. The molecule has 0 aromatic heterocycles. The average molecular weight is 332 g/mol. The Morgan fingerprint density at radius 3 is 2.95 bits per heavy atom. The standard InChI is InChI=1S/C15H19Cl2NO3/c16-11-5-6-14(13(17)9-11)21-10-15(20)18-7-1-3-12(18)4-2-8-19/h5-6,9,12,19H,1-4,7-8,10H2. The van der Waals surface area contributed by atoms with Crippen molar-refractivity contribution in [2.24, 2.45) is 0 Å². The van der Waals surface area contributed by atoms with Gasteiger partial charge in [0.25, 0.3) is 5.91 Å². The first-order valence-electron chi connectivity index (χ1n) is 7.10. The third-order valence-corrected chi connectivity index (χ3v) is 4.17. The average Bonchev–Trinajstić information content (AvgIpc) is 2.92. The van der Waals surface area contributed by atoms with Crippen LogP contribution in [0.4, 0.5) is 0 Å². The Balaban J connectivity index is 1.88. The summed E-state index contributed by atoms with van der Waals surface area (Å²) in [6.07, 6.45) is 3.55. The molecule has 116 valence electrons. The van der Waals surface area contributed by atoms with Crippen LogP contribution in [0, 0.1) is 0 Å². The highest BCUT2D eigenvalue weighted by Gasteiger charge is 2.28. The van der Waals surface area contributed by atoms with Crippen LogP contribution in [0.2, 0.25) is 10.0 Å². The molecule has 0 radical (unpaired) electrons. The van der Waals surface area contributed by atoms with Gasteiger partial charge in [-0.15, -0.1) is 0 Å². The van der Waals surface area contributed by atoms with E-state index in [4.69, 9.17) is 33.0 Å². The van der Waals surface area contributed by atoms with Crippen LogP contribution in [0.25, 0.3) is 0 Å². The lowest BCUT2D eigenvalue weighted by molar-refractivity contribution is -0.134. The van der Waals surface area contributed by atoms with E-state index in [0.717, 1.165) is 32.2 Å². The van der Waals surface area contributed by atoms with Gasteiger partial charge in [0.15, 0.2) is 6.61 Å². The van der Waals surface area contributed by atoms with E-state index < -0.39 is 0 Å². The number of rotatable bonds is 6. The van der Waals surface area contributed by atoms with Crippen molar-refractivity contribution in [2.75, 3.05) is 19.8 Å². The topological polar surface area (TPSA) is 49.8 Å². The van der Waals surface area contributed by atoms with Crippen LogP contribution in [-0.2, 0) is 4.79 Å². The minimum atomic E-state index is -0.0403. The Morgan fingerprint density at radius 2 is 2.24 bits per heavy atom. The van der Waals surface area contributed by atoms with Crippen molar-refractivity contribution in [1.82, 2.24) is 4.90 Å². The molecule has 2 rings (SSSR count). The van der Waals surface area contributed by atoms with Gasteiger partial charge in [-0.1, -0.05) is 23.2 Å². The molecule has 1 aliphatic heterocycles. The van der Waals surface area contributed by atoms with Crippen LogP contribution in [0.15, 0.2) is 18.2 Å². The number of likely N-dealkylation sites (tertiary alicyclic amines) is 1. The fourth-order valence-corrected chi connectivity index (χ4v) is 3.07. The number of amides is 1. The van der Waals surface area contributed by atoms with E-state index in [-0.39, 0.29) is 25.2 Å². The smallest absolute Gasteiger partial charge is 0.260 e. The summed E-state index contributed by atoms with van der Waals surface area (Å²) >= 11 is 11.8. The second-order valence-electron chi connectivity index (χ2n) is 5.11. The molecule has 0 spiro atoms. The molecule has 1 aliphatic rings. The molecule has 1 atom stereocenters. The van der Waals surface area contributed by atoms with Crippen LogP contribution in [-0.4, -0.2) is 41.7 Å². The number of nitrogens with zero attached hydrogens (tertiary/aromatic N) is 1. The fraction of sp³-hybridized carbons (Fsp3) is 0.533. The highest BCUT2D eigenvalue weighted by molar-refractivity contribution is 6.35. The Bertz CT molecular complexity index is 496. The number of aliphatic hydroxyl groups is 1. The molecule has 0 aliphatic carbocycles. The van der Waals surface area contributed by atoms with E-state index in [9.17, 15) is 4.79 Å². The van der Waals surface area contributed by atoms with E-state index in [1.54, 1.807) is 18.2 Å². The summed E-state index contributed by atoms with van der Waals surface area (Å²) in [4.78, 5) is 14.1. The summed E-state index contributed by atoms with van der Waals surface area (Å²) in [7, 11) is 0. The summed E-state index contributed by atoms with van der Waals surface area (Å²) < 4.78 is 5.49. The van der Waals surface area contributed by atoms with Crippen molar-refractivity contribution < 1.29 is 14.6 Å². The van der Waals surface area contributed by atoms with E-state index in [1.807, 2.05) is 4.90 Å². The van der Waals surface area contributed by atoms with E-state index in [1.165, 1.54) is 0 Å². The van der Waals surface area contributed by atoms with Crippen molar-refractivity contribution in [3.05, 3.63) is 28.2 Å². The zero-order chi connectivity index (χ0) is 15.2. The number of carbonyl (C=O) groups excluding carboxylic acids is 1. The van der Waals surface area contributed by atoms with Crippen molar-refractivity contribution in [3.8, 4) is 5.75 Å². The molecule has 1 unspecified atom stereocenters. The van der Waals surface area contributed by atoms with Gasteiger partial charge in [-0.25, -0.2) is 0 Å². The summed E-state index contributed by atoms with van der Waals surface area (Å²) in [6.45, 7) is 0.888. The Labute approximate surface area is 134 Å². The molecular formula is C15H19Cl2NO3. The lowest BCUT2D eigenvalue weighted by atomic mass is 10.1. The van der Waals surface area contributed by atoms with Crippen molar-refractivity contribution >= 4 is 29.1 Å². The number of hydrogen-bond donors (Lipinski definition) is 1. The predicted molar refractivity (Wildman–Crippen MR) is 83.0 cm³/mol. The van der Waals surface area contributed by atoms with Crippen LogP contribution in [0.5, 0.6) is 5.75 Å². The number of carbonyl (C=O) groups is 1. The molecule has 1 N–H and O–H groups in total. The van der Waals surface area contributed by atoms with Gasteiger partial charge < -0.3 is 14.7 Å². The second kappa shape index (κ2) is 7.87. The second-order valence-corrected chi connectivity index (χ2v) is 5.96. The SMILES string of the molecule is O=C(COc1ccc(Cl)cc1Cl)N1CCCC1CCCO. The summed E-state index contributed by atoms with van der Waals surface area (Å²) in [5.41, 5.74) is 0. The lowest BCUT2D eigenvalue weighted by Gasteiger charge is -2.24. The van der Waals surface area contributed by atoms with Gasteiger partial charge in [-0.3, -0.25) is 4.79 Å². The molecular weight excluding hydrogens is 313 g/mol. The van der Waals surface area contributed by atoms with E-state index in [0.29, 0.717) is 15.8 Å². The van der Waals surface area contributed by atoms with Crippen LogP contribution in [0.3, 0.4) is 0 Å². The molecule has 0 saturated carbocycles. The number of aliphatic hydroxyl groups excluding tert-OH is 1. The highest BCUT2D eigenvalue weighted by Crippen LogP contribution is 2.28. The van der Waals surface area contributed by atoms with Crippen molar-refractivity contribution in [1.29, 1.82) is 0 Å². The molecule has 6 heteroatoms. The third-order valence-electron chi connectivity index (χ3n) is 3.64. The van der Waals surface area contributed by atoms with Gasteiger partial charge in [-0.2, -0.15) is 0 Å². The monoisotopic (exact) mass is 331 g/mol. The van der Waals surface area contributed by atoms with E-state index in [2.05, 4.69) is 0 Å². The van der Waals surface area contributed by atoms with Crippen LogP contribution < -0.4 is 4.74 Å².